The molecule has 4 fully saturated rings. The molecule has 1 aromatic carbocycles. The summed E-state index contributed by atoms with van der Waals surface area (Å²) in [6.07, 6.45) is 6.14. The molecule has 2 heterocycles. The van der Waals surface area contributed by atoms with E-state index in [-0.39, 0.29) is 37.4 Å². The summed E-state index contributed by atoms with van der Waals surface area (Å²) >= 11 is 6.22. The lowest BCUT2D eigenvalue weighted by Gasteiger charge is -2.36. The van der Waals surface area contributed by atoms with Crippen LogP contribution in [0.5, 0.6) is 0 Å². The Morgan fingerprint density at radius 2 is 1.78 bits per heavy atom. The molecule has 0 bridgehead atoms. The zero-order chi connectivity index (χ0) is 35.5. The maximum atomic E-state index is 14.6. The van der Waals surface area contributed by atoms with Crippen molar-refractivity contribution in [1.29, 1.82) is 0 Å². The minimum absolute atomic E-state index is 0.0104. The standard InChI is InChI=1S/C36H52ClN5O7/c1-5-10-26(29(44)32(46)38-24-15-16-24)39-31(45)27-19-36(20-41(34(48)49-36)25-14-9-13-23(37)18-25)21-42(27)33(47)30(35(2,3)4)40-28(43)17-22-11-7-6-8-12-22/h9,13-14,18,22,24,26-27,29-30,44H,5-8,10-12,15-17,19-21H2,1-4H3,(H,38,46)(H,39,45)(H,40,43)/t26-,27-,29?,30+,36+/m0/s1. The molecule has 2 saturated carbocycles. The highest BCUT2D eigenvalue weighted by Gasteiger charge is 2.58. The summed E-state index contributed by atoms with van der Waals surface area (Å²) in [5, 5.41) is 20.1. The fourth-order valence-corrected chi connectivity index (χ4v) is 7.54. The largest absolute Gasteiger partial charge is 0.439 e. The van der Waals surface area contributed by atoms with Crippen LogP contribution in [0.25, 0.3) is 0 Å². The van der Waals surface area contributed by atoms with Crippen LogP contribution in [0.2, 0.25) is 5.02 Å². The monoisotopic (exact) mass is 701 g/mol. The van der Waals surface area contributed by atoms with Gasteiger partial charge in [-0.25, -0.2) is 4.79 Å². The minimum Gasteiger partial charge on any atom is -0.439 e. The molecule has 0 aromatic heterocycles. The van der Waals surface area contributed by atoms with E-state index in [9.17, 15) is 29.1 Å². The van der Waals surface area contributed by atoms with Gasteiger partial charge in [-0.2, -0.15) is 0 Å². The topological polar surface area (TPSA) is 157 Å². The first-order chi connectivity index (χ1) is 23.2. The Hall–Kier alpha value is -3.38. The zero-order valence-corrected chi connectivity index (χ0v) is 29.9. The van der Waals surface area contributed by atoms with Crippen LogP contribution < -0.4 is 20.9 Å². The van der Waals surface area contributed by atoms with Crippen molar-refractivity contribution in [2.75, 3.05) is 18.0 Å². The fraction of sp³-hybridized carbons (Fsp3) is 0.694. The van der Waals surface area contributed by atoms with Crippen molar-refractivity contribution in [3.05, 3.63) is 29.3 Å². The smallest absolute Gasteiger partial charge is 0.415 e. The van der Waals surface area contributed by atoms with Gasteiger partial charge in [0.1, 0.15) is 12.1 Å². The number of aliphatic hydroxyl groups excluding tert-OH is 1. The second-order valence-corrected chi connectivity index (χ2v) is 15.9. The number of carbonyl (C=O) groups is 5. The number of carbonyl (C=O) groups excluding carboxylic acids is 5. The lowest BCUT2D eigenvalue weighted by atomic mass is 9.84. The Balaban J connectivity index is 1.40. The van der Waals surface area contributed by atoms with E-state index in [1.165, 1.54) is 16.2 Å². The van der Waals surface area contributed by atoms with Crippen LogP contribution in [0.4, 0.5) is 10.5 Å². The van der Waals surface area contributed by atoms with Gasteiger partial charge in [-0.05, 0) is 61.6 Å². The third kappa shape index (κ3) is 9.05. The molecule has 4 N–H and O–H groups in total. The number of hydrogen-bond acceptors (Lipinski definition) is 7. The van der Waals surface area contributed by atoms with Crippen LogP contribution in [0.1, 0.15) is 98.3 Å². The summed E-state index contributed by atoms with van der Waals surface area (Å²) in [6, 6.07) is 3.87. The minimum atomic E-state index is -1.48. The van der Waals surface area contributed by atoms with Crippen molar-refractivity contribution in [3.63, 3.8) is 0 Å². The van der Waals surface area contributed by atoms with Crippen molar-refractivity contribution in [2.24, 2.45) is 11.3 Å². The van der Waals surface area contributed by atoms with Crippen LogP contribution in [0.15, 0.2) is 24.3 Å². The second kappa shape index (κ2) is 15.2. The van der Waals surface area contributed by atoms with Crippen molar-refractivity contribution >= 4 is 47.0 Å². The van der Waals surface area contributed by atoms with E-state index in [0.29, 0.717) is 30.0 Å². The molecule has 1 unspecified atom stereocenters. The summed E-state index contributed by atoms with van der Waals surface area (Å²) in [4.78, 5) is 71.0. The van der Waals surface area contributed by atoms with Gasteiger partial charge in [0.05, 0.1) is 19.1 Å². The number of benzene rings is 1. The molecule has 13 heteroatoms. The molecule has 5 amide bonds. The van der Waals surface area contributed by atoms with Gasteiger partial charge in [-0.1, -0.05) is 71.0 Å². The number of amides is 5. The first-order valence-electron chi connectivity index (χ1n) is 17.8. The molecule has 270 valence electrons. The molecule has 2 saturated heterocycles. The highest BCUT2D eigenvalue weighted by Crippen LogP contribution is 2.40. The number of aliphatic hydroxyl groups is 1. The molecule has 0 radical (unpaired) electrons. The number of anilines is 1. The number of halogens is 1. The molecule has 5 atom stereocenters. The predicted octanol–water partition coefficient (Wildman–Crippen LogP) is 4.06. The molecule has 5 rings (SSSR count). The van der Waals surface area contributed by atoms with E-state index in [2.05, 4.69) is 16.0 Å². The van der Waals surface area contributed by atoms with Crippen molar-refractivity contribution < 1.29 is 33.8 Å². The molecule has 1 aromatic rings. The van der Waals surface area contributed by atoms with E-state index >= 15 is 0 Å². The van der Waals surface area contributed by atoms with E-state index in [0.717, 1.165) is 38.5 Å². The number of ether oxygens (including phenoxy) is 1. The van der Waals surface area contributed by atoms with Crippen molar-refractivity contribution in [1.82, 2.24) is 20.9 Å². The van der Waals surface area contributed by atoms with E-state index in [1.54, 1.807) is 24.3 Å². The average molecular weight is 702 g/mol. The molecule has 2 aliphatic carbocycles. The Kier molecular flexibility index (Phi) is 11.5. The highest BCUT2D eigenvalue weighted by atomic mass is 35.5. The van der Waals surface area contributed by atoms with Gasteiger partial charge >= 0.3 is 6.09 Å². The zero-order valence-electron chi connectivity index (χ0n) is 29.1. The summed E-state index contributed by atoms with van der Waals surface area (Å²) < 4.78 is 5.98. The molecule has 2 aliphatic heterocycles. The summed E-state index contributed by atoms with van der Waals surface area (Å²) in [5.74, 6) is -1.51. The van der Waals surface area contributed by atoms with E-state index in [1.807, 2.05) is 27.7 Å². The van der Waals surface area contributed by atoms with Gasteiger partial charge in [-0.3, -0.25) is 24.1 Å². The molecular weight excluding hydrogens is 650 g/mol. The van der Waals surface area contributed by atoms with Crippen LogP contribution in [0.3, 0.4) is 0 Å². The number of nitrogens with zero attached hydrogens (tertiary/aromatic N) is 2. The van der Waals surface area contributed by atoms with Crippen molar-refractivity contribution in [2.45, 2.75) is 134 Å². The van der Waals surface area contributed by atoms with Gasteiger partial charge in [0.2, 0.25) is 17.7 Å². The van der Waals surface area contributed by atoms with Gasteiger partial charge in [0.15, 0.2) is 11.7 Å². The van der Waals surface area contributed by atoms with E-state index in [4.69, 9.17) is 16.3 Å². The lowest BCUT2D eigenvalue weighted by Crippen LogP contribution is -2.59. The number of hydrogen-bond donors (Lipinski definition) is 4. The molecular formula is C36H52ClN5O7. The molecule has 12 nitrogen and oxygen atoms in total. The maximum absolute atomic E-state index is 14.6. The van der Waals surface area contributed by atoms with Crippen LogP contribution >= 0.6 is 11.6 Å². The summed E-state index contributed by atoms with van der Waals surface area (Å²) in [6.45, 7) is 7.46. The summed E-state index contributed by atoms with van der Waals surface area (Å²) in [5.41, 5.74) is -1.42. The van der Waals surface area contributed by atoms with Gasteiger partial charge in [0.25, 0.3) is 5.91 Å². The average Bonchev–Trinajstić information content (AvgIpc) is 3.70. The predicted molar refractivity (Wildman–Crippen MR) is 185 cm³/mol. The number of likely N-dealkylation sites (tertiary alicyclic amines) is 1. The first-order valence-corrected chi connectivity index (χ1v) is 18.2. The summed E-state index contributed by atoms with van der Waals surface area (Å²) in [7, 11) is 0. The second-order valence-electron chi connectivity index (χ2n) is 15.5. The van der Waals surface area contributed by atoms with Crippen molar-refractivity contribution in [3.8, 4) is 0 Å². The molecule has 49 heavy (non-hydrogen) atoms. The maximum Gasteiger partial charge on any atom is 0.415 e. The normalized spacial score (nSPS) is 24.7. The van der Waals surface area contributed by atoms with E-state index < -0.39 is 59.1 Å². The SMILES string of the molecule is CCC[C@H](NC(=O)[C@@H]1C[C@@]2(CN(c3cccc(Cl)c3)C(=O)O2)CN1C(=O)[C@@H](NC(=O)CC1CCCCC1)C(C)(C)C)C(O)C(=O)NC1CC1. The number of nitrogens with one attached hydrogen (secondary N) is 3. The van der Waals surface area contributed by atoms with Crippen LogP contribution in [0, 0.1) is 11.3 Å². The third-order valence-electron chi connectivity index (χ3n) is 10.2. The van der Waals surface area contributed by atoms with Gasteiger partial charge in [0, 0.05) is 29.6 Å². The third-order valence-corrected chi connectivity index (χ3v) is 10.4. The quantitative estimate of drug-likeness (QED) is 0.256. The van der Waals surface area contributed by atoms with Crippen LogP contribution in [-0.4, -0.2) is 88.7 Å². The Morgan fingerprint density at radius 3 is 2.41 bits per heavy atom. The highest BCUT2D eigenvalue weighted by molar-refractivity contribution is 6.30. The van der Waals surface area contributed by atoms with Gasteiger partial charge < -0.3 is 30.7 Å². The molecule has 1 spiro atoms. The fourth-order valence-electron chi connectivity index (χ4n) is 7.35. The van der Waals surface area contributed by atoms with Gasteiger partial charge in [-0.15, -0.1) is 0 Å². The molecule has 4 aliphatic rings. The van der Waals surface area contributed by atoms with Crippen LogP contribution in [-0.2, 0) is 23.9 Å². The Bertz CT molecular complexity index is 1410. The number of rotatable bonds is 12. The first kappa shape index (κ1) is 36.9. The lowest BCUT2D eigenvalue weighted by molar-refractivity contribution is -0.145. The Morgan fingerprint density at radius 1 is 1.06 bits per heavy atom. The Labute approximate surface area is 294 Å².